The molecule has 1 nitrogen and oxygen atoms in total. The fraction of sp³-hybridized carbons (Fsp3) is 0.429. The summed E-state index contributed by atoms with van der Waals surface area (Å²) < 4.78 is 0. The van der Waals surface area contributed by atoms with Gasteiger partial charge in [-0.25, -0.2) is 0 Å². The number of hydrogen-bond acceptors (Lipinski definition) is 2. The van der Waals surface area contributed by atoms with Crippen molar-refractivity contribution in [3.63, 3.8) is 0 Å². The second-order valence-corrected chi connectivity index (χ2v) is 6.94. The lowest BCUT2D eigenvalue weighted by atomic mass is 10.3. The predicted octanol–water partition coefficient (Wildman–Crippen LogP) is 3.69. The molecule has 1 aromatic carbocycles. The fourth-order valence-corrected chi connectivity index (χ4v) is 4.99. The second-order valence-electron chi connectivity index (χ2n) is 4.68. The number of thiocarbonyl (C=S) groups is 1. The molecule has 0 radical (unpaired) electrons. The lowest BCUT2D eigenvalue weighted by Gasteiger charge is -2.15. The molecule has 1 aliphatic carbocycles. The Morgan fingerprint density at radius 2 is 2.24 bits per heavy atom. The molecule has 2 aliphatic rings. The summed E-state index contributed by atoms with van der Waals surface area (Å²) in [5.41, 5.74) is 1.41. The second kappa shape index (κ2) is 4.54. The summed E-state index contributed by atoms with van der Waals surface area (Å²) in [5.74, 6) is 1.85. The van der Waals surface area contributed by atoms with Crippen molar-refractivity contribution in [2.24, 2.45) is 5.92 Å². The summed E-state index contributed by atoms with van der Waals surface area (Å²) in [6.45, 7) is 3.31. The van der Waals surface area contributed by atoms with E-state index < -0.39 is 0 Å². The summed E-state index contributed by atoms with van der Waals surface area (Å²) in [6.07, 6.45) is 2.62. The van der Waals surface area contributed by atoms with Crippen LogP contribution < -0.4 is 4.90 Å². The van der Waals surface area contributed by atoms with Gasteiger partial charge in [0.1, 0.15) is 0 Å². The highest BCUT2D eigenvalue weighted by Crippen LogP contribution is 2.43. The van der Waals surface area contributed by atoms with Gasteiger partial charge in [-0.1, -0.05) is 24.4 Å². The zero-order valence-electron chi connectivity index (χ0n) is 10.1. The summed E-state index contributed by atoms with van der Waals surface area (Å²) in [6, 6.07) is 8.78. The van der Waals surface area contributed by atoms with Gasteiger partial charge in [-0.05, 0) is 43.2 Å². The normalized spacial score (nSPS) is 22.9. The SMILES string of the molecule is CCN1CS(=CC(=S)C2CC2)c2ccccc21. The van der Waals surface area contributed by atoms with Crippen LogP contribution in [0.25, 0.3) is 0 Å². The van der Waals surface area contributed by atoms with Crippen molar-refractivity contribution in [1.82, 2.24) is 0 Å². The van der Waals surface area contributed by atoms with Gasteiger partial charge in [0.15, 0.2) is 0 Å². The molecule has 1 aromatic rings. The Balaban J connectivity index is 1.95. The van der Waals surface area contributed by atoms with E-state index in [0.717, 1.165) is 18.3 Å². The maximum Gasteiger partial charge on any atom is 0.0635 e. The standard InChI is InChI=1S/C14H17NS2/c1-2-15-10-17(9-13(16)11-7-8-11)14-6-4-3-5-12(14)15/h3-6,9,11H,2,7-8,10H2,1H3. The topological polar surface area (TPSA) is 3.24 Å². The van der Waals surface area contributed by atoms with E-state index in [1.807, 2.05) is 0 Å². The van der Waals surface area contributed by atoms with E-state index in [9.17, 15) is 0 Å². The van der Waals surface area contributed by atoms with Crippen LogP contribution in [0.3, 0.4) is 0 Å². The molecule has 0 spiro atoms. The van der Waals surface area contributed by atoms with Crippen LogP contribution in [0.4, 0.5) is 5.69 Å². The van der Waals surface area contributed by atoms with Crippen molar-refractivity contribution in [1.29, 1.82) is 0 Å². The van der Waals surface area contributed by atoms with Crippen LogP contribution in [0, 0.1) is 5.92 Å². The first-order valence-corrected chi connectivity index (χ1v) is 8.08. The van der Waals surface area contributed by atoms with Gasteiger partial charge in [-0.2, -0.15) is 0 Å². The number of hydrogen-bond donors (Lipinski definition) is 0. The number of para-hydroxylation sites is 1. The van der Waals surface area contributed by atoms with Gasteiger partial charge >= 0.3 is 0 Å². The number of benzene rings is 1. The Morgan fingerprint density at radius 3 is 2.94 bits per heavy atom. The molecular weight excluding hydrogens is 246 g/mol. The van der Waals surface area contributed by atoms with E-state index in [1.54, 1.807) is 0 Å². The van der Waals surface area contributed by atoms with Crippen molar-refractivity contribution < 1.29 is 0 Å². The van der Waals surface area contributed by atoms with E-state index in [2.05, 4.69) is 41.5 Å². The molecule has 1 saturated carbocycles. The van der Waals surface area contributed by atoms with Crippen LogP contribution in [0.2, 0.25) is 0 Å². The maximum absolute atomic E-state index is 5.51. The lowest BCUT2D eigenvalue weighted by Crippen LogP contribution is -2.18. The van der Waals surface area contributed by atoms with Crippen molar-refractivity contribution in [2.45, 2.75) is 24.7 Å². The summed E-state index contributed by atoms with van der Waals surface area (Å²) in [5, 5.41) is 2.36. The van der Waals surface area contributed by atoms with Crippen LogP contribution >= 0.6 is 22.7 Å². The third-order valence-corrected chi connectivity index (χ3v) is 6.04. The maximum atomic E-state index is 5.51. The monoisotopic (exact) mass is 263 g/mol. The Morgan fingerprint density at radius 1 is 1.47 bits per heavy atom. The lowest BCUT2D eigenvalue weighted by molar-refractivity contribution is 0.951. The Hall–Kier alpha value is -0.670. The Labute approximate surface area is 111 Å². The summed E-state index contributed by atoms with van der Waals surface area (Å²) >= 11 is 5.51. The van der Waals surface area contributed by atoms with Crippen LogP contribution in [0.15, 0.2) is 29.2 Å². The van der Waals surface area contributed by atoms with Crippen molar-refractivity contribution in [2.75, 3.05) is 17.3 Å². The summed E-state index contributed by atoms with van der Waals surface area (Å²) in [7, 11) is 0.217. The van der Waals surface area contributed by atoms with Gasteiger partial charge in [-0.3, -0.25) is 0 Å². The molecule has 1 fully saturated rings. The molecule has 0 amide bonds. The molecule has 3 heteroatoms. The quantitative estimate of drug-likeness (QED) is 0.765. The highest BCUT2D eigenvalue weighted by molar-refractivity contribution is 8.17. The number of rotatable bonds is 3. The number of fused-ring (bicyclic) bond motifs is 1. The van der Waals surface area contributed by atoms with Gasteiger partial charge in [0.05, 0.1) is 11.6 Å². The first kappa shape index (κ1) is 11.4. The zero-order chi connectivity index (χ0) is 11.8. The predicted molar refractivity (Wildman–Crippen MR) is 81.6 cm³/mol. The van der Waals surface area contributed by atoms with E-state index in [4.69, 9.17) is 12.2 Å². The molecule has 0 aromatic heterocycles. The first-order chi connectivity index (χ1) is 8.29. The van der Waals surface area contributed by atoms with E-state index in [-0.39, 0.29) is 10.5 Å². The largest absolute Gasteiger partial charge is 0.362 e. The molecule has 90 valence electrons. The van der Waals surface area contributed by atoms with Crippen LogP contribution in [0.1, 0.15) is 19.8 Å². The van der Waals surface area contributed by atoms with Crippen molar-refractivity contribution in [3.05, 3.63) is 24.3 Å². The molecule has 1 heterocycles. The van der Waals surface area contributed by atoms with Gasteiger partial charge in [0.25, 0.3) is 0 Å². The number of nitrogens with zero attached hydrogens (tertiary/aromatic N) is 1. The van der Waals surface area contributed by atoms with E-state index >= 15 is 0 Å². The molecule has 0 saturated heterocycles. The van der Waals surface area contributed by atoms with Gasteiger partial charge in [-0.15, -0.1) is 10.5 Å². The minimum absolute atomic E-state index is 0.217. The molecule has 3 rings (SSSR count). The average Bonchev–Trinajstić information content (AvgIpc) is 3.14. The molecule has 17 heavy (non-hydrogen) atoms. The molecule has 0 bridgehead atoms. The van der Waals surface area contributed by atoms with Crippen molar-refractivity contribution >= 4 is 38.6 Å². The molecule has 1 unspecified atom stereocenters. The zero-order valence-corrected chi connectivity index (χ0v) is 11.7. The minimum Gasteiger partial charge on any atom is -0.362 e. The molecule has 1 aliphatic heterocycles. The summed E-state index contributed by atoms with van der Waals surface area (Å²) in [4.78, 5) is 5.16. The smallest absolute Gasteiger partial charge is 0.0635 e. The van der Waals surface area contributed by atoms with E-state index in [0.29, 0.717) is 0 Å². The first-order valence-electron chi connectivity index (χ1n) is 6.22. The highest BCUT2D eigenvalue weighted by Gasteiger charge is 2.27. The molecule has 0 N–H and O–H groups in total. The number of anilines is 1. The Kier molecular flexibility index (Phi) is 3.05. The van der Waals surface area contributed by atoms with Crippen molar-refractivity contribution in [3.8, 4) is 0 Å². The average molecular weight is 263 g/mol. The van der Waals surface area contributed by atoms with Crippen LogP contribution in [0.5, 0.6) is 0 Å². The Bertz CT molecular complexity index is 489. The third kappa shape index (κ3) is 2.18. The minimum atomic E-state index is 0.217. The van der Waals surface area contributed by atoms with Gasteiger partial charge < -0.3 is 4.90 Å². The third-order valence-electron chi connectivity index (χ3n) is 3.40. The molecular formula is C14H17NS2. The van der Waals surface area contributed by atoms with Crippen LogP contribution in [-0.2, 0) is 0 Å². The molecule has 1 atom stereocenters. The fourth-order valence-electron chi connectivity index (χ4n) is 2.21. The van der Waals surface area contributed by atoms with E-state index in [1.165, 1.54) is 28.3 Å². The van der Waals surface area contributed by atoms with Crippen LogP contribution in [-0.4, -0.2) is 22.7 Å². The highest BCUT2D eigenvalue weighted by atomic mass is 32.2. The van der Waals surface area contributed by atoms with Gasteiger partial charge in [0, 0.05) is 16.3 Å². The van der Waals surface area contributed by atoms with Gasteiger partial charge in [0.2, 0.25) is 0 Å².